The van der Waals surface area contributed by atoms with Crippen LogP contribution >= 0.6 is 23.2 Å². The number of nitrogens with zero attached hydrogens (tertiary/aromatic N) is 1. The molecule has 4 nitrogen and oxygen atoms in total. The number of benzene rings is 1. The highest BCUT2D eigenvalue weighted by Crippen LogP contribution is 2.42. The van der Waals surface area contributed by atoms with Gasteiger partial charge in [-0.2, -0.15) is 13.2 Å². The molecule has 0 radical (unpaired) electrons. The summed E-state index contributed by atoms with van der Waals surface area (Å²) < 4.78 is 67.9. The van der Waals surface area contributed by atoms with Gasteiger partial charge in [-0.1, -0.05) is 35.3 Å². The van der Waals surface area contributed by atoms with Gasteiger partial charge in [-0.15, -0.1) is 0 Å². The van der Waals surface area contributed by atoms with Gasteiger partial charge in [-0.05, 0) is 43.4 Å². The number of amides is 1. The van der Waals surface area contributed by atoms with E-state index in [2.05, 4.69) is 10.3 Å². The zero-order valence-electron chi connectivity index (χ0n) is 15.8. The molecule has 168 valence electrons. The lowest BCUT2D eigenvalue weighted by molar-refractivity contribution is -0.138. The van der Waals surface area contributed by atoms with E-state index in [0.717, 1.165) is 12.3 Å². The van der Waals surface area contributed by atoms with Crippen LogP contribution in [0.3, 0.4) is 0 Å². The third-order valence-corrected chi connectivity index (χ3v) is 5.87. The van der Waals surface area contributed by atoms with Crippen molar-refractivity contribution in [2.75, 3.05) is 0 Å². The van der Waals surface area contributed by atoms with Gasteiger partial charge in [0, 0.05) is 6.20 Å². The molecule has 2 N–H and O–H groups in total. The van der Waals surface area contributed by atoms with Crippen LogP contribution in [0.4, 0.5) is 22.0 Å². The highest BCUT2D eigenvalue weighted by molar-refractivity contribution is 6.31. The summed E-state index contributed by atoms with van der Waals surface area (Å²) in [6.07, 6.45) is -5.54. The Hall–Kier alpha value is -1.97. The molecule has 11 heteroatoms. The van der Waals surface area contributed by atoms with Crippen molar-refractivity contribution in [1.82, 2.24) is 10.3 Å². The molecule has 1 aliphatic rings. The molecule has 1 amide bonds. The molecule has 2 aromatic rings. The molecule has 1 aliphatic carbocycles. The second-order valence-electron chi connectivity index (χ2n) is 7.38. The molecule has 0 spiro atoms. The van der Waals surface area contributed by atoms with E-state index in [4.69, 9.17) is 23.2 Å². The van der Waals surface area contributed by atoms with E-state index in [1.165, 1.54) is 12.1 Å². The molecule has 1 fully saturated rings. The molecule has 1 aromatic carbocycles. The van der Waals surface area contributed by atoms with Crippen LogP contribution in [0.5, 0.6) is 0 Å². The fraction of sp³-hybridized carbons (Fsp3) is 0.400. The largest absolute Gasteiger partial charge is 0.418 e. The van der Waals surface area contributed by atoms with Crippen molar-refractivity contribution in [2.45, 2.75) is 49.7 Å². The van der Waals surface area contributed by atoms with Crippen LogP contribution in [0.25, 0.3) is 0 Å². The average Bonchev–Trinajstić information content (AvgIpc) is 2.70. The van der Waals surface area contributed by atoms with Crippen LogP contribution in [0, 0.1) is 5.82 Å². The Balaban J connectivity index is 2.04. The van der Waals surface area contributed by atoms with E-state index in [0.29, 0.717) is 6.07 Å². The summed E-state index contributed by atoms with van der Waals surface area (Å²) in [5, 5.41) is 12.7. The maximum atomic E-state index is 14.1. The normalized spacial score (nSPS) is 22.8. The standard InChI is InChI=1S/C20H17Cl2F5N2O2/c21-10-8-13(20(25,26)27)16(28-9-10)18(30)29-17(12-2-1-3-14(24)15(12)22)19(31)6-4-11(23)5-7-19/h1-3,8-9,11,17,31H,4-7H2,(H,29,30)/t11-,17?,19-. The first-order valence-corrected chi connectivity index (χ1v) is 10.0. The smallest absolute Gasteiger partial charge is 0.387 e. The summed E-state index contributed by atoms with van der Waals surface area (Å²) in [7, 11) is 0. The van der Waals surface area contributed by atoms with Crippen LogP contribution in [0.1, 0.15) is 53.3 Å². The molecule has 0 bridgehead atoms. The molecular formula is C20H17Cl2F5N2O2. The third-order valence-electron chi connectivity index (χ3n) is 5.26. The molecule has 1 saturated carbocycles. The van der Waals surface area contributed by atoms with Gasteiger partial charge in [0.15, 0.2) is 0 Å². The number of halogens is 7. The second-order valence-corrected chi connectivity index (χ2v) is 8.19. The Labute approximate surface area is 184 Å². The molecule has 0 saturated heterocycles. The Bertz CT molecular complexity index is 979. The average molecular weight is 483 g/mol. The van der Waals surface area contributed by atoms with Gasteiger partial charge < -0.3 is 10.4 Å². The lowest BCUT2D eigenvalue weighted by Gasteiger charge is -2.41. The predicted octanol–water partition coefficient (Wildman–Crippen LogP) is 5.66. The summed E-state index contributed by atoms with van der Waals surface area (Å²) in [4.78, 5) is 16.3. The van der Waals surface area contributed by atoms with E-state index < -0.39 is 52.0 Å². The monoisotopic (exact) mass is 482 g/mol. The predicted molar refractivity (Wildman–Crippen MR) is 104 cm³/mol. The molecule has 1 aromatic heterocycles. The lowest BCUT2D eigenvalue weighted by Crippen LogP contribution is -2.49. The maximum Gasteiger partial charge on any atom is 0.418 e. The van der Waals surface area contributed by atoms with Crippen LogP contribution in [-0.2, 0) is 6.18 Å². The minimum absolute atomic E-state index is 0.0389. The summed E-state index contributed by atoms with van der Waals surface area (Å²) >= 11 is 11.6. The van der Waals surface area contributed by atoms with Gasteiger partial charge in [-0.3, -0.25) is 4.79 Å². The van der Waals surface area contributed by atoms with Gasteiger partial charge in [0.05, 0.1) is 27.3 Å². The summed E-state index contributed by atoms with van der Waals surface area (Å²) in [5.41, 5.74) is -4.16. The highest BCUT2D eigenvalue weighted by Gasteiger charge is 2.44. The molecule has 3 rings (SSSR count). The number of alkyl halides is 4. The first-order chi connectivity index (χ1) is 14.4. The van der Waals surface area contributed by atoms with Crippen LogP contribution in [0.2, 0.25) is 10.0 Å². The third kappa shape index (κ3) is 5.10. The van der Waals surface area contributed by atoms with Crippen molar-refractivity contribution in [3.05, 3.63) is 63.1 Å². The maximum absolute atomic E-state index is 14.1. The topological polar surface area (TPSA) is 62.2 Å². The fourth-order valence-electron chi connectivity index (χ4n) is 3.65. The van der Waals surface area contributed by atoms with Crippen molar-refractivity contribution in [2.24, 2.45) is 0 Å². The minimum Gasteiger partial charge on any atom is -0.387 e. The van der Waals surface area contributed by atoms with Crippen molar-refractivity contribution in [3.8, 4) is 0 Å². The molecule has 1 heterocycles. The quantitative estimate of drug-likeness (QED) is 0.552. The van der Waals surface area contributed by atoms with Gasteiger partial charge in [0.25, 0.3) is 5.91 Å². The first-order valence-electron chi connectivity index (χ1n) is 9.26. The first kappa shape index (κ1) is 23.7. The fourth-order valence-corrected chi connectivity index (χ4v) is 4.04. The number of pyridine rings is 1. The van der Waals surface area contributed by atoms with E-state index in [1.807, 2.05) is 0 Å². The van der Waals surface area contributed by atoms with Crippen molar-refractivity contribution >= 4 is 29.1 Å². The number of hydrogen-bond donors (Lipinski definition) is 2. The van der Waals surface area contributed by atoms with Gasteiger partial charge >= 0.3 is 6.18 Å². The Morgan fingerprint density at radius 2 is 1.90 bits per heavy atom. The SMILES string of the molecule is O=C(NC(c1cccc(F)c1Cl)[C@]1(O)CC[C@H](F)CC1)c1ncc(Cl)cc1C(F)(F)F. The van der Waals surface area contributed by atoms with E-state index in [9.17, 15) is 31.9 Å². The molecule has 1 unspecified atom stereocenters. The van der Waals surface area contributed by atoms with E-state index in [1.54, 1.807) is 0 Å². The van der Waals surface area contributed by atoms with Gasteiger partial charge in [-0.25, -0.2) is 13.8 Å². The second kappa shape index (κ2) is 8.88. The number of carbonyl (C=O) groups excluding carboxylic acids is 1. The van der Waals surface area contributed by atoms with E-state index in [-0.39, 0.29) is 36.3 Å². The molecule has 0 aliphatic heterocycles. The van der Waals surface area contributed by atoms with Gasteiger partial charge in [0.2, 0.25) is 0 Å². The summed E-state index contributed by atoms with van der Waals surface area (Å²) in [5.74, 6) is -2.12. The minimum atomic E-state index is -4.93. The number of aromatic nitrogens is 1. The summed E-state index contributed by atoms with van der Waals surface area (Å²) in [6, 6.07) is 2.80. The molecule has 31 heavy (non-hydrogen) atoms. The van der Waals surface area contributed by atoms with Crippen LogP contribution in [0.15, 0.2) is 30.5 Å². The number of rotatable bonds is 4. The van der Waals surface area contributed by atoms with Crippen LogP contribution < -0.4 is 5.32 Å². The lowest BCUT2D eigenvalue weighted by atomic mass is 9.76. The zero-order valence-corrected chi connectivity index (χ0v) is 17.3. The van der Waals surface area contributed by atoms with Crippen molar-refractivity contribution < 1.29 is 31.9 Å². The Morgan fingerprint density at radius 1 is 1.26 bits per heavy atom. The number of aliphatic hydroxyl groups is 1. The van der Waals surface area contributed by atoms with Gasteiger partial charge in [0.1, 0.15) is 17.7 Å². The number of carbonyl (C=O) groups is 1. The summed E-state index contributed by atoms with van der Waals surface area (Å²) in [6.45, 7) is 0. The van der Waals surface area contributed by atoms with Crippen molar-refractivity contribution in [3.63, 3.8) is 0 Å². The zero-order chi connectivity index (χ0) is 23.0. The molecule has 1 atom stereocenters. The Kier molecular flexibility index (Phi) is 6.78. The Morgan fingerprint density at radius 3 is 2.52 bits per heavy atom. The molecular weight excluding hydrogens is 466 g/mol. The van der Waals surface area contributed by atoms with E-state index >= 15 is 0 Å². The van der Waals surface area contributed by atoms with Crippen molar-refractivity contribution in [1.29, 1.82) is 0 Å². The number of nitrogens with one attached hydrogen (secondary N) is 1. The number of hydrogen-bond acceptors (Lipinski definition) is 3. The van der Waals surface area contributed by atoms with Crippen LogP contribution in [-0.4, -0.2) is 27.8 Å². The highest BCUT2D eigenvalue weighted by atomic mass is 35.5.